The summed E-state index contributed by atoms with van der Waals surface area (Å²) in [4.78, 5) is 25.1. The molecule has 2 aliphatic rings. The Morgan fingerprint density at radius 1 is 0.816 bits per heavy atom. The van der Waals surface area contributed by atoms with Crippen LogP contribution >= 0.6 is 0 Å². The summed E-state index contributed by atoms with van der Waals surface area (Å²) in [7, 11) is -3.79. The smallest absolute Gasteiger partial charge is 0.319 e. The van der Waals surface area contributed by atoms with Gasteiger partial charge in [0.2, 0.25) is 5.91 Å². The van der Waals surface area contributed by atoms with Gasteiger partial charge in [0.1, 0.15) is 5.75 Å². The second kappa shape index (κ2) is 11.0. The largest absolute Gasteiger partial charge is 0.338 e. The summed E-state index contributed by atoms with van der Waals surface area (Å²) in [6, 6.07) is 16.0. The molecule has 0 unspecified atom stereocenters. The lowest BCUT2D eigenvalue weighted by atomic mass is 9.98. The highest BCUT2D eigenvalue weighted by atomic mass is 32.2. The van der Waals surface area contributed by atoms with Crippen LogP contribution in [0.2, 0.25) is 0 Å². The second-order valence-corrected chi connectivity index (χ2v) is 12.2. The number of rotatable bonds is 8. The summed E-state index contributed by atoms with van der Waals surface area (Å²) >= 11 is 0. The molecule has 2 aliphatic carbocycles. The second-order valence-electron chi connectivity index (χ2n) is 10.2. The molecule has 8 heteroatoms. The average Bonchev–Trinajstić information content (AvgIpc) is 3.55. The molecule has 198 valence electrons. The minimum Gasteiger partial charge on any atom is -0.338 e. The Balaban J connectivity index is 1.15. The summed E-state index contributed by atoms with van der Waals surface area (Å²) in [5, 5.41) is 8.56. The third-order valence-corrected chi connectivity index (χ3v) is 8.98. The van der Waals surface area contributed by atoms with Crippen LogP contribution in [0.3, 0.4) is 0 Å². The third-order valence-electron chi connectivity index (χ3n) is 7.35. The van der Waals surface area contributed by atoms with Gasteiger partial charge in [0, 0.05) is 17.9 Å². The maximum absolute atomic E-state index is 13.0. The van der Waals surface area contributed by atoms with E-state index < -0.39 is 21.5 Å². The molecule has 0 radical (unpaired) electrons. The molecular formula is C30H33N3O4S. The molecule has 0 saturated carbocycles. The first-order chi connectivity index (χ1) is 18.3. The highest BCUT2D eigenvalue weighted by molar-refractivity contribution is 7.92. The first-order valence-electron chi connectivity index (χ1n) is 13.2. The van der Waals surface area contributed by atoms with E-state index in [1.54, 1.807) is 12.1 Å². The minimum absolute atomic E-state index is 0.116. The zero-order valence-electron chi connectivity index (χ0n) is 21.6. The summed E-state index contributed by atoms with van der Waals surface area (Å²) in [5.41, 5.74) is 8.53. The van der Waals surface area contributed by atoms with Crippen LogP contribution in [0.15, 0.2) is 59.5 Å². The molecule has 0 fully saturated rings. The number of benzene rings is 3. The molecule has 0 spiro atoms. The van der Waals surface area contributed by atoms with Gasteiger partial charge < -0.3 is 16.0 Å². The normalized spacial score (nSPS) is 14.0. The van der Waals surface area contributed by atoms with E-state index in [-0.39, 0.29) is 10.9 Å². The summed E-state index contributed by atoms with van der Waals surface area (Å²) in [6.45, 7) is 2.38. The highest BCUT2D eigenvalue weighted by Crippen LogP contribution is 2.38. The van der Waals surface area contributed by atoms with E-state index in [0.29, 0.717) is 18.7 Å². The number of hydrogen-bond donors (Lipinski definition) is 3. The van der Waals surface area contributed by atoms with Crippen LogP contribution in [0.5, 0.6) is 0 Å². The van der Waals surface area contributed by atoms with Crippen molar-refractivity contribution < 1.29 is 18.0 Å². The lowest BCUT2D eigenvalue weighted by Crippen LogP contribution is -2.30. The predicted molar refractivity (Wildman–Crippen MR) is 150 cm³/mol. The van der Waals surface area contributed by atoms with E-state index in [0.717, 1.165) is 55.3 Å². The Morgan fingerprint density at radius 3 is 2.08 bits per heavy atom. The molecular weight excluding hydrogens is 498 g/mol. The molecule has 3 aromatic carbocycles. The van der Waals surface area contributed by atoms with Gasteiger partial charge in [-0.25, -0.2) is 13.2 Å². The van der Waals surface area contributed by atoms with E-state index in [2.05, 4.69) is 22.0 Å². The maximum Gasteiger partial charge on any atom is 0.319 e. The van der Waals surface area contributed by atoms with Crippen LogP contribution in [0.4, 0.5) is 16.2 Å². The molecule has 3 aromatic rings. The topological polar surface area (TPSA) is 104 Å². The Hall–Kier alpha value is -3.65. The maximum atomic E-state index is 13.0. The van der Waals surface area contributed by atoms with E-state index >= 15 is 0 Å². The highest BCUT2D eigenvalue weighted by Gasteiger charge is 2.26. The Kier molecular flexibility index (Phi) is 7.51. The molecule has 0 atom stereocenters. The fourth-order valence-electron chi connectivity index (χ4n) is 5.39. The number of aryl methyl sites for hydroxylation is 3. The van der Waals surface area contributed by atoms with Crippen molar-refractivity contribution in [3.05, 3.63) is 88.0 Å². The summed E-state index contributed by atoms with van der Waals surface area (Å²) in [6.07, 6.45) is 6.57. The Morgan fingerprint density at radius 2 is 1.45 bits per heavy atom. The van der Waals surface area contributed by atoms with Gasteiger partial charge in [-0.1, -0.05) is 35.9 Å². The van der Waals surface area contributed by atoms with Crippen LogP contribution in [0.1, 0.15) is 46.2 Å². The molecule has 3 amide bonds. The fourth-order valence-corrected chi connectivity index (χ4v) is 6.53. The third kappa shape index (κ3) is 5.91. The van der Waals surface area contributed by atoms with Crippen molar-refractivity contribution in [2.24, 2.45) is 0 Å². The predicted octanol–water partition coefficient (Wildman–Crippen LogP) is 4.75. The number of carbonyl (C=O) groups is 2. The van der Waals surface area contributed by atoms with Crippen LogP contribution in [-0.2, 0) is 46.7 Å². The lowest BCUT2D eigenvalue weighted by molar-refractivity contribution is -0.113. The van der Waals surface area contributed by atoms with Gasteiger partial charge in [0.25, 0.3) is 0 Å². The number of anilines is 2. The number of urea groups is 1. The molecule has 5 rings (SSSR count). The van der Waals surface area contributed by atoms with E-state index in [4.69, 9.17) is 0 Å². The van der Waals surface area contributed by atoms with Crippen LogP contribution in [0, 0.1) is 6.92 Å². The van der Waals surface area contributed by atoms with Gasteiger partial charge >= 0.3 is 6.03 Å². The molecule has 7 nitrogen and oxygen atoms in total. The molecule has 38 heavy (non-hydrogen) atoms. The van der Waals surface area contributed by atoms with Gasteiger partial charge in [-0.15, -0.1) is 0 Å². The molecule has 3 N–H and O–H groups in total. The average molecular weight is 532 g/mol. The quantitative estimate of drug-likeness (QED) is 0.390. The monoisotopic (exact) mass is 531 g/mol. The molecule has 0 bridgehead atoms. The first kappa shape index (κ1) is 26.0. The summed E-state index contributed by atoms with van der Waals surface area (Å²) < 4.78 is 26.0. The van der Waals surface area contributed by atoms with E-state index in [1.165, 1.54) is 34.4 Å². The standard InChI is InChI=1S/C30H33N3O4S/c1-20-8-12-24(13-9-20)32-30(35)31-17-16-21-10-14-25(15-11-21)38(36,37)19-28(34)33-29-26-6-2-4-22(26)18-23-5-3-7-27(23)29/h8-15,18H,2-7,16-17,19H2,1H3,(H,33,34)(H2,31,32,35). The lowest BCUT2D eigenvalue weighted by Gasteiger charge is -2.16. The Bertz CT molecular complexity index is 1430. The van der Waals surface area contributed by atoms with Crippen molar-refractivity contribution in [1.29, 1.82) is 0 Å². The van der Waals surface area contributed by atoms with E-state index in [9.17, 15) is 18.0 Å². The number of hydrogen-bond acceptors (Lipinski definition) is 4. The van der Waals surface area contributed by atoms with Crippen molar-refractivity contribution in [1.82, 2.24) is 5.32 Å². The summed E-state index contributed by atoms with van der Waals surface area (Å²) in [5.74, 6) is -1.09. The zero-order chi connectivity index (χ0) is 26.7. The van der Waals surface area contributed by atoms with Crippen molar-refractivity contribution in [2.45, 2.75) is 56.8 Å². The van der Waals surface area contributed by atoms with Gasteiger partial charge in [0.15, 0.2) is 9.84 Å². The molecule has 0 aliphatic heterocycles. The first-order valence-corrected chi connectivity index (χ1v) is 14.8. The van der Waals surface area contributed by atoms with Crippen molar-refractivity contribution in [3.63, 3.8) is 0 Å². The molecule has 0 aromatic heterocycles. The van der Waals surface area contributed by atoms with Crippen LogP contribution in [-0.4, -0.2) is 32.7 Å². The molecule has 0 saturated heterocycles. The fraction of sp³-hybridized carbons (Fsp3) is 0.333. The van der Waals surface area contributed by atoms with Gasteiger partial charge in [0.05, 0.1) is 4.90 Å². The SMILES string of the molecule is Cc1ccc(NC(=O)NCCc2ccc(S(=O)(=O)CC(=O)Nc3c4c(cc5c3CCC5)CCC4)cc2)cc1. The van der Waals surface area contributed by atoms with Gasteiger partial charge in [-0.2, -0.15) is 0 Å². The van der Waals surface area contributed by atoms with Crippen LogP contribution in [0.25, 0.3) is 0 Å². The Labute approximate surface area is 224 Å². The number of nitrogens with one attached hydrogen (secondary N) is 3. The number of sulfone groups is 1. The number of amides is 3. The zero-order valence-corrected chi connectivity index (χ0v) is 22.4. The number of carbonyl (C=O) groups excluding carboxylic acids is 2. The number of fused-ring (bicyclic) bond motifs is 2. The van der Waals surface area contributed by atoms with Crippen molar-refractivity contribution in [3.8, 4) is 0 Å². The van der Waals surface area contributed by atoms with E-state index in [1.807, 2.05) is 31.2 Å². The van der Waals surface area contributed by atoms with Crippen LogP contribution < -0.4 is 16.0 Å². The minimum atomic E-state index is -3.79. The van der Waals surface area contributed by atoms with Gasteiger partial charge in [-0.05, 0) is 104 Å². The van der Waals surface area contributed by atoms with Crippen molar-refractivity contribution in [2.75, 3.05) is 22.9 Å². The van der Waals surface area contributed by atoms with Gasteiger partial charge in [-0.3, -0.25) is 4.79 Å². The molecule has 0 heterocycles. The van der Waals surface area contributed by atoms with Crippen molar-refractivity contribution >= 4 is 33.2 Å².